The summed E-state index contributed by atoms with van der Waals surface area (Å²) >= 11 is 0. The molecular formula is C14H21N3O2. The summed E-state index contributed by atoms with van der Waals surface area (Å²) in [6, 6.07) is 5.91. The Balaban J connectivity index is 1.99. The van der Waals surface area contributed by atoms with Gasteiger partial charge in [0.25, 0.3) is 0 Å². The number of phenolic OH excluding ortho intramolecular Hbond substituents is 1. The van der Waals surface area contributed by atoms with Crippen LogP contribution in [0.4, 0.5) is 0 Å². The molecule has 2 rings (SSSR count). The van der Waals surface area contributed by atoms with Gasteiger partial charge >= 0.3 is 0 Å². The van der Waals surface area contributed by atoms with Gasteiger partial charge in [-0.2, -0.15) is 0 Å². The van der Waals surface area contributed by atoms with Crippen molar-refractivity contribution in [2.75, 3.05) is 13.7 Å². The van der Waals surface area contributed by atoms with E-state index in [1.165, 1.54) is 20.0 Å². The highest BCUT2D eigenvalue weighted by Crippen LogP contribution is 2.26. The number of ether oxygens (including phenoxy) is 1. The quantitative estimate of drug-likeness (QED) is 0.558. The molecule has 3 N–H and O–H groups in total. The molecule has 0 atom stereocenters. The number of hydrogen-bond acceptors (Lipinski definition) is 3. The maximum atomic E-state index is 9.71. The Morgan fingerprint density at radius 3 is 2.84 bits per heavy atom. The number of aromatic hydroxyl groups is 1. The Bertz CT molecular complexity index is 456. The lowest BCUT2D eigenvalue weighted by atomic mass is 10.2. The summed E-state index contributed by atoms with van der Waals surface area (Å²) in [5.41, 5.74) is 0.950. The number of nitrogens with zero attached hydrogens (tertiary/aromatic N) is 1. The Hall–Kier alpha value is -1.91. The SMILES string of the molecule is CCNC(=NCc1ccc(OC)c(O)c1)NC1CC1. The normalized spacial score (nSPS) is 15.2. The highest BCUT2D eigenvalue weighted by atomic mass is 16.5. The van der Waals surface area contributed by atoms with Gasteiger partial charge in [0, 0.05) is 12.6 Å². The van der Waals surface area contributed by atoms with Crippen molar-refractivity contribution in [3.8, 4) is 11.5 Å². The van der Waals surface area contributed by atoms with Crippen molar-refractivity contribution in [3.63, 3.8) is 0 Å². The lowest BCUT2D eigenvalue weighted by molar-refractivity contribution is 0.373. The van der Waals surface area contributed by atoms with E-state index in [0.29, 0.717) is 18.3 Å². The van der Waals surface area contributed by atoms with E-state index < -0.39 is 0 Å². The maximum Gasteiger partial charge on any atom is 0.191 e. The highest BCUT2D eigenvalue weighted by molar-refractivity contribution is 5.80. The molecule has 0 heterocycles. The van der Waals surface area contributed by atoms with Crippen LogP contribution in [0.5, 0.6) is 11.5 Å². The predicted molar refractivity (Wildman–Crippen MR) is 75.6 cm³/mol. The van der Waals surface area contributed by atoms with Crippen molar-refractivity contribution in [2.45, 2.75) is 32.4 Å². The van der Waals surface area contributed by atoms with Crippen LogP contribution in [-0.4, -0.2) is 30.8 Å². The molecule has 5 nitrogen and oxygen atoms in total. The molecule has 19 heavy (non-hydrogen) atoms. The first-order chi connectivity index (χ1) is 9.22. The molecule has 1 saturated carbocycles. The molecule has 1 aliphatic rings. The van der Waals surface area contributed by atoms with Gasteiger partial charge in [-0.3, -0.25) is 0 Å². The van der Waals surface area contributed by atoms with Crippen LogP contribution >= 0.6 is 0 Å². The van der Waals surface area contributed by atoms with Gasteiger partial charge in [0.15, 0.2) is 17.5 Å². The Morgan fingerprint density at radius 2 is 2.26 bits per heavy atom. The van der Waals surface area contributed by atoms with Crippen LogP contribution < -0.4 is 15.4 Å². The van der Waals surface area contributed by atoms with Crippen molar-refractivity contribution >= 4 is 5.96 Å². The van der Waals surface area contributed by atoms with Crippen LogP contribution in [0.25, 0.3) is 0 Å². The lowest BCUT2D eigenvalue weighted by Crippen LogP contribution is -2.38. The fourth-order valence-electron chi connectivity index (χ4n) is 1.75. The summed E-state index contributed by atoms with van der Waals surface area (Å²) in [4.78, 5) is 4.50. The minimum atomic E-state index is 0.148. The number of benzene rings is 1. The average molecular weight is 263 g/mol. The maximum absolute atomic E-state index is 9.71. The highest BCUT2D eigenvalue weighted by Gasteiger charge is 2.21. The Kier molecular flexibility index (Phi) is 4.49. The zero-order valence-corrected chi connectivity index (χ0v) is 11.4. The number of rotatable bonds is 5. The van der Waals surface area contributed by atoms with E-state index in [1.807, 2.05) is 13.0 Å². The van der Waals surface area contributed by atoms with E-state index in [-0.39, 0.29) is 5.75 Å². The number of phenols is 1. The molecule has 0 spiro atoms. The van der Waals surface area contributed by atoms with Crippen molar-refractivity contribution in [1.82, 2.24) is 10.6 Å². The van der Waals surface area contributed by atoms with E-state index in [4.69, 9.17) is 4.74 Å². The smallest absolute Gasteiger partial charge is 0.191 e. The minimum absolute atomic E-state index is 0.148. The second-order valence-electron chi connectivity index (χ2n) is 4.62. The zero-order chi connectivity index (χ0) is 13.7. The first-order valence-corrected chi connectivity index (χ1v) is 6.63. The van der Waals surface area contributed by atoms with Crippen molar-refractivity contribution < 1.29 is 9.84 Å². The van der Waals surface area contributed by atoms with Crippen LogP contribution in [0.3, 0.4) is 0 Å². The second-order valence-corrected chi connectivity index (χ2v) is 4.62. The van der Waals surface area contributed by atoms with Crippen LogP contribution in [0.15, 0.2) is 23.2 Å². The van der Waals surface area contributed by atoms with Gasteiger partial charge in [0.05, 0.1) is 13.7 Å². The van der Waals surface area contributed by atoms with Gasteiger partial charge in [0.2, 0.25) is 0 Å². The third-order valence-electron chi connectivity index (χ3n) is 2.93. The molecule has 1 fully saturated rings. The summed E-state index contributed by atoms with van der Waals surface area (Å²) in [6.45, 7) is 3.41. The van der Waals surface area contributed by atoms with E-state index in [9.17, 15) is 5.11 Å². The monoisotopic (exact) mass is 263 g/mol. The predicted octanol–water partition coefficient (Wildman–Crippen LogP) is 1.62. The van der Waals surface area contributed by atoms with E-state index in [0.717, 1.165) is 18.1 Å². The van der Waals surface area contributed by atoms with Gasteiger partial charge in [-0.15, -0.1) is 0 Å². The van der Waals surface area contributed by atoms with Gasteiger partial charge in [-0.1, -0.05) is 6.07 Å². The number of aliphatic imine (C=N–C) groups is 1. The van der Waals surface area contributed by atoms with Crippen LogP contribution in [-0.2, 0) is 6.54 Å². The molecule has 0 amide bonds. The zero-order valence-electron chi connectivity index (χ0n) is 11.4. The summed E-state index contributed by atoms with van der Waals surface area (Å²) in [5, 5.41) is 16.3. The molecule has 104 valence electrons. The largest absolute Gasteiger partial charge is 0.504 e. The Labute approximate surface area is 113 Å². The first-order valence-electron chi connectivity index (χ1n) is 6.63. The Morgan fingerprint density at radius 1 is 1.47 bits per heavy atom. The summed E-state index contributed by atoms with van der Waals surface area (Å²) in [6.07, 6.45) is 2.43. The van der Waals surface area contributed by atoms with Crippen LogP contribution in [0, 0.1) is 0 Å². The lowest BCUT2D eigenvalue weighted by Gasteiger charge is -2.10. The van der Waals surface area contributed by atoms with E-state index in [1.54, 1.807) is 12.1 Å². The van der Waals surface area contributed by atoms with Gasteiger partial charge in [0.1, 0.15) is 0 Å². The third-order valence-corrected chi connectivity index (χ3v) is 2.93. The summed E-state index contributed by atoms with van der Waals surface area (Å²) < 4.78 is 5.01. The summed E-state index contributed by atoms with van der Waals surface area (Å²) in [5.74, 6) is 1.46. The fraction of sp³-hybridized carbons (Fsp3) is 0.500. The molecule has 0 unspecified atom stereocenters. The molecule has 0 radical (unpaired) electrons. The number of nitrogens with one attached hydrogen (secondary N) is 2. The number of hydrogen-bond donors (Lipinski definition) is 3. The topological polar surface area (TPSA) is 65.9 Å². The van der Waals surface area contributed by atoms with Crippen molar-refractivity contribution in [2.24, 2.45) is 4.99 Å². The van der Waals surface area contributed by atoms with Crippen molar-refractivity contribution in [3.05, 3.63) is 23.8 Å². The van der Waals surface area contributed by atoms with E-state index >= 15 is 0 Å². The molecule has 1 aromatic rings. The second kappa shape index (κ2) is 6.31. The van der Waals surface area contributed by atoms with Gasteiger partial charge < -0.3 is 20.5 Å². The first kappa shape index (κ1) is 13.5. The molecule has 5 heteroatoms. The molecule has 0 aliphatic heterocycles. The standard InChI is InChI=1S/C14H21N3O2/c1-3-15-14(17-11-5-6-11)16-9-10-4-7-13(19-2)12(18)8-10/h4,7-8,11,18H,3,5-6,9H2,1-2H3,(H2,15,16,17). The molecular weight excluding hydrogens is 242 g/mol. The molecule has 1 aliphatic carbocycles. The summed E-state index contributed by atoms with van der Waals surface area (Å²) in [7, 11) is 1.54. The molecule has 0 aromatic heterocycles. The number of guanidine groups is 1. The average Bonchev–Trinajstić information content (AvgIpc) is 3.20. The molecule has 0 bridgehead atoms. The van der Waals surface area contributed by atoms with Crippen molar-refractivity contribution in [1.29, 1.82) is 0 Å². The van der Waals surface area contributed by atoms with Gasteiger partial charge in [-0.25, -0.2) is 4.99 Å². The molecule has 0 saturated heterocycles. The van der Waals surface area contributed by atoms with E-state index in [2.05, 4.69) is 15.6 Å². The van der Waals surface area contributed by atoms with Crippen LogP contribution in [0.1, 0.15) is 25.3 Å². The number of methoxy groups -OCH3 is 1. The minimum Gasteiger partial charge on any atom is -0.504 e. The van der Waals surface area contributed by atoms with Gasteiger partial charge in [-0.05, 0) is 37.5 Å². The fourth-order valence-corrected chi connectivity index (χ4v) is 1.75. The van der Waals surface area contributed by atoms with Crippen LogP contribution in [0.2, 0.25) is 0 Å². The third kappa shape index (κ3) is 4.05. The molecule has 1 aromatic carbocycles.